The second-order valence-electron chi connectivity index (χ2n) is 5.23. The van der Waals surface area contributed by atoms with Crippen molar-refractivity contribution in [1.29, 1.82) is 0 Å². The van der Waals surface area contributed by atoms with Gasteiger partial charge in [-0.05, 0) is 43.4 Å². The third kappa shape index (κ3) is 3.33. The van der Waals surface area contributed by atoms with Crippen LogP contribution in [0.4, 0.5) is 0 Å². The van der Waals surface area contributed by atoms with Gasteiger partial charge in [0.2, 0.25) is 0 Å². The molecule has 1 saturated carbocycles. The number of aliphatic hydroxyl groups is 1. The summed E-state index contributed by atoms with van der Waals surface area (Å²) in [5.74, 6) is 1.18. The van der Waals surface area contributed by atoms with Crippen molar-refractivity contribution in [3.05, 3.63) is 24.0 Å². The number of hydrogen-bond donors (Lipinski definition) is 2. The van der Waals surface area contributed by atoms with Crippen LogP contribution in [0.2, 0.25) is 0 Å². The predicted molar refractivity (Wildman–Crippen MR) is 69.7 cm³/mol. The molecule has 17 heavy (non-hydrogen) atoms. The van der Waals surface area contributed by atoms with Crippen molar-refractivity contribution >= 4 is 0 Å². The SMILES string of the molecule is Cn1cccc1CNCC1CCCCC1CO. The topological polar surface area (TPSA) is 37.2 Å². The van der Waals surface area contributed by atoms with Crippen LogP contribution in [0.3, 0.4) is 0 Å². The van der Waals surface area contributed by atoms with E-state index in [9.17, 15) is 5.11 Å². The van der Waals surface area contributed by atoms with Gasteiger partial charge >= 0.3 is 0 Å². The van der Waals surface area contributed by atoms with Crippen LogP contribution in [-0.4, -0.2) is 22.8 Å². The first-order valence-electron chi connectivity index (χ1n) is 6.73. The molecule has 0 bridgehead atoms. The van der Waals surface area contributed by atoms with E-state index in [1.807, 2.05) is 0 Å². The quantitative estimate of drug-likeness (QED) is 0.819. The minimum absolute atomic E-state index is 0.358. The molecule has 0 aliphatic heterocycles. The lowest BCUT2D eigenvalue weighted by atomic mass is 9.79. The molecule has 1 aliphatic rings. The molecule has 2 atom stereocenters. The molecule has 2 unspecified atom stereocenters. The molecule has 0 amide bonds. The van der Waals surface area contributed by atoms with Gasteiger partial charge in [0, 0.05) is 32.1 Å². The van der Waals surface area contributed by atoms with E-state index < -0.39 is 0 Å². The van der Waals surface area contributed by atoms with Crippen LogP contribution in [0.15, 0.2) is 18.3 Å². The van der Waals surface area contributed by atoms with Gasteiger partial charge in [0.05, 0.1) is 0 Å². The zero-order valence-corrected chi connectivity index (χ0v) is 10.7. The van der Waals surface area contributed by atoms with E-state index in [2.05, 4.69) is 35.3 Å². The number of nitrogens with zero attached hydrogens (tertiary/aromatic N) is 1. The van der Waals surface area contributed by atoms with Crippen molar-refractivity contribution in [1.82, 2.24) is 9.88 Å². The van der Waals surface area contributed by atoms with E-state index in [0.717, 1.165) is 13.1 Å². The van der Waals surface area contributed by atoms with E-state index in [1.54, 1.807) is 0 Å². The number of aliphatic hydroxyl groups excluding tert-OH is 1. The molecule has 1 aromatic rings. The van der Waals surface area contributed by atoms with Gasteiger partial charge in [-0.2, -0.15) is 0 Å². The maximum Gasteiger partial charge on any atom is 0.0462 e. The Hall–Kier alpha value is -0.800. The summed E-state index contributed by atoms with van der Waals surface area (Å²) >= 11 is 0. The number of aromatic nitrogens is 1. The maximum absolute atomic E-state index is 9.36. The molecule has 1 fully saturated rings. The fourth-order valence-electron chi connectivity index (χ4n) is 2.86. The average Bonchev–Trinajstić information content (AvgIpc) is 2.76. The van der Waals surface area contributed by atoms with Crippen molar-refractivity contribution in [3.8, 4) is 0 Å². The molecule has 2 rings (SSSR count). The third-order valence-corrected chi connectivity index (χ3v) is 4.06. The van der Waals surface area contributed by atoms with Crippen molar-refractivity contribution in [2.45, 2.75) is 32.2 Å². The second-order valence-corrected chi connectivity index (χ2v) is 5.23. The molecule has 0 radical (unpaired) electrons. The summed E-state index contributed by atoms with van der Waals surface area (Å²) in [6, 6.07) is 4.23. The van der Waals surface area contributed by atoms with Crippen LogP contribution >= 0.6 is 0 Å². The minimum atomic E-state index is 0.358. The highest BCUT2D eigenvalue weighted by Crippen LogP contribution is 2.29. The van der Waals surface area contributed by atoms with Gasteiger partial charge in [-0.3, -0.25) is 0 Å². The summed E-state index contributed by atoms with van der Waals surface area (Å²) in [5.41, 5.74) is 1.32. The highest BCUT2D eigenvalue weighted by Gasteiger charge is 2.23. The van der Waals surface area contributed by atoms with Gasteiger partial charge in [0.1, 0.15) is 0 Å². The van der Waals surface area contributed by atoms with Crippen molar-refractivity contribution < 1.29 is 5.11 Å². The Morgan fingerprint density at radius 3 is 2.76 bits per heavy atom. The summed E-state index contributed by atoms with van der Waals surface area (Å²) in [6.07, 6.45) is 7.17. The Labute approximate surface area is 104 Å². The van der Waals surface area contributed by atoms with Gasteiger partial charge in [0.15, 0.2) is 0 Å². The number of nitrogens with one attached hydrogen (secondary N) is 1. The highest BCUT2D eigenvalue weighted by atomic mass is 16.3. The van der Waals surface area contributed by atoms with Gasteiger partial charge in [-0.25, -0.2) is 0 Å². The van der Waals surface area contributed by atoms with Crippen LogP contribution in [0.25, 0.3) is 0 Å². The fraction of sp³-hybridized carbons (Fsp3) is 0.714. The molecule has 0 spiro atoms. The molecule has 3 nitrogen and oxygen atoms in total. The lowest BCUT2D eigenvalue weighted by Gasteiger charge is -2.30. The number of aryl methyl sites for hydroxylation is 1. The summed E-state index contributed by atoms with van der Waals surface area (Å²) in [5, 5.41) is 12.9. The molecule has 1 aromatic heterocycles. The van der Waals surface area contributed by atoms with Crippen LogP contribution in [0, 0.1) is 11.8 Å². The second kappa shape index (κ2) is 6.22. The number of hydrogen-bond acceptors (Lipinski definition) is 2. The molecule has 2 N–H and O–H groups in total. The normalized spacial score (nSPS) is 25.1. The first-order valence-corrected chi connectivity index (χ1v) is 6.73. The van der Waals surface area contributed by atoms with Crippen LogP contribution in [0.5, 0.6) is 0 Å². The maximum atomic E-state index is 9.36. The van der Waals surface area contributed by atoms with Crippen LogP contribution < -0.4 is 5.32 Å². The van der Waals surface area contributed by atoms with Crippen molar-refractivity contribution in [2.24, 2.45) is 18.9 Å². The van der Waals surface area contributed by atoms with Gasteiger partial charge in [-0.15, -0.1) is 0 Å². The monoisotopic (exact) mass is 236 g/mol. The Kier molecular flexibility index (Phi) is 4.63. The van der Waals surface area contributed by atoms with Crippen molar-refractivity contribution in [3.63, 3.8) is 0 Å². The first kappa shape index (κ1) is 12.7. The molecule has 1 heterocycles. The standard InChI is InChI=1S/C14H24N2O/c1-16-8-4-7-14(16)10-15-9-12-5-2-3-6-13(12)11-17/h4,7-8,12-13,15,17H,2-3,5-6,9-11H2,1H3. The number of rotatable bonds is 5. The van der Waals surface area contributed by atoms with E-state index in [0.29, 0.717) is 18.4 Å². The summed E-state index contributed by atoms with van der Waals surface area (Å²) in [4.78, 5) is 0. The Morgan fingerprint density at radius 1 is 1.35 bits per heavy atom. The first-order chi connectivity index (χ1) is 8.31. The smallest absolute Gasteiger partial charge is 0.0462 e. The fourth-order valence-corrected chi connectivity index (χ4v) is 2.86. The average molecular weight is 236 g/mol. The summed E-state index contributed by atoms with van der Waals surface area (Å²) in [7, 11) is 2.08. The van der Waals surface area contributed by atoms with Crippen LogP contribution in [-0.2, 0) is 13.6 Å². The lowest BCUT2D eigenvalue weighted by molar-refractivity contribution is 0.133. The zero-order chi connectivity index (χ0) is 12.1. The molecule has 96 valence electrons. The third-order valence-electron chi connectivity index (χ3n) is 4.06. The molecule has 0 aromatic carbocycles. The van der Waals surface area contributed by atoms with Crippen molar-refractivity contribution in [2.75, 3.05) is 13.2 Å². The Balaban J connectivity index is 1.75. The highest BCUT2D eigenvalue weighted by molar-refractivity contribution is 5.05. The summed E-state index contributed by atoms with van der Waals surface area (Å²) in [6.45, 7) is 2.32. The van der Waals surface area contributed by atoms with E-state index in [1.165, 1.54) is 31.4 Å². The zero-order valence-electron chi connectivity index (χ0n) is 10.7. The molecular weight excluding hydrogens is 212 g/mol. The molecule has 3 heteroatoms. The van der Waals surface area contributed by atoms with E-state index in [4.69, 9.17) is 0 Å². The predicted octanol–water partition coefficient (Wildman–Crippen LogP) is 1.91. The van der Waals surface area contributed by atoms with Gasteiger partial charge < -0.3 is 15.0 Å². The largest absolute Gasteiger partial charge is 0.396 e. The van der Waals surface area contributed by atoms with Gasteiger partial charge in [-0.1, -0.05) is 12.8 Å². The van der Waals surface area contributed by atoms with E-state index in [-0.39, 0.29) is 0 Å². The Morgan fingerprint density at radius 2 is 2.12 bits per heavy atom. The van der Waals surface area contributed by atoms with E-state index >= 15 is 0 Å². The summed E-state index contributed by atoms with van der Waals surface area (Å²) < 4.78 is 2.15. The van der Waals surface area contributed by atoms with Gasteiger partial charge in [0.25, 0.3) is 0 Å². The molecular formula is C14H24N2O. The molecule has 1 aliphatic carbocycles. The Bertz CT molecular complexity index is 335. The molecule has 0 saturated heterocycles. The van der Waals surface area contributed by atoms with Crippen LogP contribution in [0.1, 0.15) is 31.4 Å². The lowest BCUT2D eigenvalue weighted by Crippen LogP contribution is -2.32. The minimum Gasteiger partial charge on any atom is -0.396 e.